The predicted octanol–water partition coefficient (Wildman–Crippen LogP) is 3.38. The Morgan fingerprint density at radius 3 is 2.82 bits per heavy atom. The van der Waals surface area contributed by atoms with E-state index in [1.54, 1.807) is 0 Å². The third-order valence-corrected chi connectivity index (χ3v) is 3.55. The molecule has 0 aliphatic heterocycles. The molecule has 0 bridgehead atoms. The lowest BCUT2D eigenvalue weighted by Gasteiger charge is -2.14. The molecule has 1 N–H and O–H groups in total. The second-order valence-electron chi connectivity index (χ2n) is 4.56. The second kappa shape index (κ2) is 7.88. The van der Waals surface area contributed by atoms with Gasteiger partial charge in [0.05, 0.1) is 16.4 Å². The summed E-state index contributed by atoms with van der Waals surface area (Å²) in [6.45, 7) is 8.76. The van der Waals surface area contributed by atoms with E-state index in [4.69, 9.17) is 0 Å². The van der Waals surface area contributed by atoms with Crippen molar-refractivity contribution in [1.82, 2.24) is 15.1 Å². The number of hydrogen-bond acceptors (Lipinski definition) is 2. The molecule has 1 rings (SSSR count). The molecular weight excluding hydrogens is 278 g/mol. The number of aryl methyl sites for hydroxylation is 1. The summed E-state index contributed by atoms with van der Waals surface area (Å²) in [5.41, 5.74) is 1.33. The quantitative estimate of drug-likeness (QED) is 0.798. The van der Waals surface area contributed by atoms with Crippen LogP contribution in [0.25, 0.3) is 0 Å². The van der Waals surface area contributed by atoms with E-state index in [9.17, 15) is 0 Å². The first-order chi connectivity index (χ1) is 8.19. The Hall–Kier alpha value is -0.350. The third-order valence-electron chi connectivity index (χ3n) is 2.89. The maximum atomic E-state index is 4.39. The lowest BCUT2D eigenvalue weighted by atomic mass is 10.1. The van der Waals surface area contributed by atoms with Crippen LogP contribution in [0, 0.1) is 0 Å². The molecule has 1 atom stereocenters. The standard InChI is InChI=1S/C13H24BrN3/c1-4-8-15-11(3)6-7-13-12(14)10-16-17(13)9-5-2/h10-11,15H,4-9H2,1-3H3. The van der Waals surface area contributed by atoms with Crippen molar-refractivity contribution >= 4 is 15.9 Å². The third kappa shape index (κ3) is 4.80. The minimum atomic E-state index is 0.576. The van der Waals surface area contributed by atoms with E-state index in [1.807, 2.05) is 6.20 Å². The van der Waals surface area contributed by atoms with Crippen LogP contribution in [0.3, 0.4) is 0 Å². The normalized spacial score (nSPS) is 12.9. The van der Waals surface area contributed by atoms with Gasteiger partial charge in [0.2, 0.25) is 0 Å². The molecule has 1 aromatic heterocycles. The van der Waals surface area contributed by atoms with Crippen LogP contribution in [0.2, 0.25) is 0 Å². The van der Waals surface area contributed by atoms with Crippen molar-refractivity contribution < 1.29 is 0 Å². The lowest BCUT2D eigenvalue weighted by Crippen LogP contribution is -2.27. The molecule has 1 aromatic rings. The summed E-state index contributed by atoms with van der Waals surface area (Å²) in [5.74, 6) is 0. The monoisotopic (exact) mass is 301 g/mol. The maximum Gasteiger partial charge on any atom is 0.0635 e. The SMILES string of the molecule is CCCNC(C)CCc1c(Br)cnn1CCC. The fourth-order valence-corrected chi connectivity index (χ4v) is 2.38. The van der Waals surface area contributed by atoms with Crippen molar-refractivity contribution in [2.45, 2.75) is 59.0 Å². The highest BCUT2D eigenvalue weighted by molar-refractivity contribution is 9.10. The largest absolute Gasteiger partial charge is 0.314 e. The highest BCUT2D eigenvalue weighted by atomic mass is 79.9. The summed E-state index contributed by atoms with van der Waals surface area (Å²) in [6.07, 6.45) is 6.48. The smallest absolute Gasteiger partial charge is 0.0635 e. The zero-order chi connectivity index (χ0) is 12.7. The van der Waals surface area contributed by atoms with Gasteiger partial charge >= 0.3 is 0 Å². The number of nitrogens with zero attached hydrogens (tertiary/aromatic N) is 2. The van der Waals surface area contributed by atoms with Gasteiger partial charge in [-0.2, -0.15) is 5.10 Å². The molecule has 1 heterocycles. The van der Waals surface area contributed by atoms with Gasteiger partial charge in [0.1, 0.15) is 0 Å². The highest BCUT2D eigenvalue weighted by Gasteiger charge is 2.09. The molecule has 0 saturated heterocycles. The summed E-state index contributed by atoms with van der Waals surface area (Å²) >= 11 is 3.59. The summed E-state index contributed by atoms with van der Waals surface area (Å²) in [6, 6.07) is 0.576. The number of aromatic nitrogens is 2. The molecule has 0 aliphatic rings. The van der Waals surface area contributed by atoms with Crippen LogP contribution in [0.1, 0.15) is 45.7 Å². The van der Waals surface area contributed by atoms with Crippen molar-refractivity contribution in [2.75, 3.05) is 6.54 Å². The van der Waals surface area contributed by atoms with Crippen LogP contribution < -0.4 is 5.32 Å². The Morgan fingerprint density at radius 2 is 2.18 bits per heavy atom. The predicted molar refractivity (Wildman–Crippen MR) is 76.3 cm³/mol. The van der Waals surface area contributed by atoms with Crippen LogP contribution in [0.15, 0.2) is 10.7 Å². The molecular formula is C13H24BrN3. The molecule has 0 radical (unpaired) electrons. The Morgan fingerprint density at radius 1 is 1.41 bits per heavy atom. The van der Waals surface area contributed by atoms with Crippen molar-refractivity contribution in [3.05, 3.63) is 16.4 Å². The van der Waals surface area contributed by atoms with Gasteiger partial charge in [0.25, 0.3) is 0 Å². The van der Waals surface area contributed by atoms with E-state index in [2.05, 4.69) is 51.8 Å². The van der Waals surface area contributed by atoms with E-state index >= 15 is 0 Å². The van der Waals surface area contributed by atoms with E-state index in [-0.39, 0.29) is 0 Å². The first kappa shape index (κ1) is 14.7. The van der Waals surface area contributed by atoms with E-state index in [0.29, 0.717) is 6.04 Å². The van der Waals surface area contributed by atoms with Gasteiger partial charge in [0, 0.05) is 12.6 Å². The molecule has 3 nitrogen and oxygen atoms in total. The van der Waals surface area contributed by atoms with Gasteiger partial charge in [-0.1, -0.05) is 13.8 Å². The molecule has 1 unspecified atom stereocenters. The Labute approximate surface area is 113 Å². The van der Waals surface area contributed by atoms with Crippen LogP contribution in [-0.2, 0) is 13.0 Å². The number of hydrogen-bond donors (Lipinski definition) is 1. The summed E-state index contributed by atoms with van der Waals surface area (Å²) in [4.78, 5) is 0. The van der Waals surface area contributed by atoms with Crippen LogP contribution in [0.5, 0.6) is 0 Å². The average Bonchev–Trinajstić information content (AvgIpc) is 2.66. The van der Waals surface area contributed by atoms with Crippen LogP contribution >= 0.6 is 15.9 Å². The Bertz CT molecular complexity index is 322. The molecule has 0 amide bonds. The summed E-state index contributed by atoms with van der Waals surface area (Å²) in [7, 11) is 0. The fraction of sp³-hybridized carbons (Fsp3) is 0.769. The van der Waals surface area contributed by atoms with Crippen molar-refractivity contribution in [3.8, 4) is 0 Å². The minimum Gasteiger partial charge on any atom is -0.314 e. The minimum absolute atomic E-state index is 0.576. The number of halogens is 1. The van der Waals surface area contributed by atoms with Crippen molar-refractivity contribution in [2.24, 2.45) is 0 Å². The van der Waals surface area contributed by atoms with Gasteiger partial charge in [-0.3, -0.25) is 4.68 Å². The number of nitrogens with one attached hydrogen (secondary N) is 1. The first-order valence-corrected chi connectivity index (χ1v) is 7.41. The molecule has 0 aliphatic carbocycles. The highest BCUT2D eigenvalue weighted by Crippen LogP contribution is 2.18. The average molecular weight is 302 g/mol. The topological polar surface area (TPSA) is 29.9 Å². The van der Waals surface area contributed by atoms with Crippen LogP contribution in [-0.4, -0.2) is 22.4 Å². The zero-order valence-electron chi connectivity index (χ0n) is 11.2. The fourth-order valence-electron chi connectivity index (χ4n) is 1.89. The van der Waals surface area contributed by atoms with E-state index < -0.39 is 0 Å². The lowest BCUT2D eigenvalue weighted by molar-refractivity contribution is 0.495. The van der Waals surface area contributed by atoms with Gasteiger partial charge in [0.15, 0.2) is 0 Å². The molecule has 0 aromatic carbocycles. The summed E-state index contributed by atoms with van der Waals surface area (Å²) < 4.78 is 3.27. The van der Waals surface area contributed by atoms with Crippen molar-refractivity contribution in [1.29, 1.82) is 0 Å². The Balaban J connectivity index is 2.47. The molecule has 98 valence electrons. The second-order valence-corrected chi connectivity index (χ2v) is 5.41. The van der Waals surface area contributed by atoms with Crippen molar-refractivity contribution in [3.63, 3.8) is 0 Å². The van der Waals surface area contributed by atoms with Gasteiger partial charge in [-0.05, 0) is 55.1 Å². The molecule has 0 saturated carbocycles. The zero-order valence-corrected chi connectivity index (χ0v) is 12.8. The Kier molecular flexibility index (Phi) is 6.82. The van der Waals surface area contributed by atoms with Crippen LogP contribution in [0.4, 0.5) is 0 Å². The summed E-state index contributed by atoms with van der Waals surface area (Å²) in [5, 5.41) is 7.92. The van der Waals surface area contributed by atoms with E-state index in [1.165, 1.54) is 12.1 Å². The van der Waals surface area contributed by atoms with Gasteiger partial charge < -0.3 is 5.32 Å². The van der Waals surface area contributed by atoms with Gasteiger partial charge in [-0.15, -0.1) is 0 Å². The number of rotatable bonds is 8. The molecule has 4 heteroatoms. The maximum absolute atomic E-state index is 4.39. The first-order valence-electron chi connectivity index (χ1n) is 6.62. The molecule has 17 heavy (non-hydrogen) atoms. The van der Waals surface area contributed by atoms with E-state index in [0.717, 1.165) is 36.8 Å². The molecule has 0 fully saturated rings. The van der Waals surface area contributed by atoms with Gasteiger partial charge in [-0.25, -0.2) is 0 Å². The molecule has 0 spiro atoms.